The molecule has 0 aliphatic rings. The number of carbonyl (C=O) groups is 1. The molecular weight excluding hydrogens is 258 g/mol. The highest BCUT2D eigenvalue weighted by atomic mass is 16.5. The summed E-state index contributed by atoms with van der Waals surface area (Å²) in [6, 6.07) is 5.23. The Balaban J connectivity index is 3.16. The van der Waals surface area contributed by atoms with Gasteiger partial charge in [-0.25, -0.2) is 0 Å². The van der Waals surface area contributed by atoms with E-state index in [0.717, 1.165) is 0 Å². The number of ether oxygens (including phenoxy) is 2. The zero-order valence-corrected chi connectivity index (χ0v) is 12.0. The smallest absolute Gasteiger partial charge is 0.256 e. The minimum Gasteiger partial charge on any atom is -0.497 e. The van der Waals surface area contributed by atoms with Crippen LogP contribution in [0.1, 0.15) is 23.7 Å². The van der Waals surface area contributed by atoms with Crippen LogP contribution in [0.25, 0.3) is 0 Å². The van der Waals surface area contributed by atoms with Crippen molar-refractivity contribution in [3.8, 4) is 17.6 Å². The van der Waals surface area contributed by atoms with Gasteiger partial charge in [0.15, 0.2) is 0 Å². The van der Waals surface area contributed by atoms with Gasteiger partial charge in [-0.15, -0.1) is 0 Å². The average Bonchev–Trinajstić information content (AvgIpc) is 2.48. The lowest BCUT2D eigenvalue weighted by Gasteiger charge is -2.21. The third-order valence-electron chi connectivity index (χ3n) is 2.96. The first-order chi connectivity index (χ1) is 9.58. The zero-order valence-electron chi connectivity index (χ0n) is 12.0. The van der Waals surface area contributed by atoms with E-state index in [-0.39, 0.29) is 18.0 Å². The van der Waals surface area contributed by atoms with Crippen molar-refractivity contribution in [3.63, 3.8) is 0 Å². The molecular formula is C14H19N3O3. The van der Waals surface area contributed by atoms with Crippen molar-refractivity contribution in [2.24, 2.45) is 0 Å². The van der Waals surface area contributed by atoms with Gasteiger partial charge in [0.1, 0.15) is 11.5 Å². The molecule has 1 aromatic carbocycles. The lowest BCUT2D eigenvalue weighted by molar-refractivity contribution is 0.0768. The lowest BCUT2D eigenvalue weighted by Crippen LogP contribution is -2.32. The van der Waals surface area contributed by atoms with Crippen molar-refractivity contribution < 1.29 is 14.3 Å². The molecule has 1 aromatic rings. The Bertz CT molecular complexity index is 523. The number of methoxy groups -OCH3 is 2. The molecule has 0 radical (unpaired) electrons. The fraction of sp³-hybridized carbons (Fsp3) is 0.429. The number of nitriles is 1. The van der Waals surface area contributed by atoms with E-state index in [1.807, 2.05) is 13.0 Å². The van der Waals surface area contributed by atoms with E-state index in [0.29, 0.717) is 30.2 Å². The molecule has 108 valence electrons. The number of rotatable bonds is 6. The summed E-state index contributed by atoms with van der Waals surface area (Å²) in [6.45, 7) is 2.72. The van der Waals surface area contributed by atoms with Crippen molar-refractivity contribution in [2.75, 3.05) is 33.0 Å². The third kappa shape index (κ3) is 3.32. The minimum absolute atomic E-state index is 0.238. The Kier molecular flexibility index (Phi) is 5.66. The Hall–Kier alpha value is -2.42. The number of benzene rings is 1. The average molecular weight is 277 g/mol. The standard InChI is InChI=1S/C14H19N3O3/c1-4-17(7-5-6-15)14(18)11-8-10(19-2)9-12(20-3)13(11)16/h8-9H,4-5,7,16H2,1-3H3. The molecule has 0 aliphatic carbocycles. The van der Waals surface area contributed by atoms with Gasteiger partial charge in [-0.1, -0.05) is 0 Å². The SMILES string of the molecule is CCN(CCC#N)C(=O)c1cc(OC)cc(OC)c1N. The molecule has 0 saturated heterocycles. The van der Waals surface area contributed by atoms with Crippen LogP contribution in [-0.4, -0.2) is 38.1 Å². The highest BCUT2D eigenvalue weighted by Gasteiger charge is 2.20. The first-order valence-corrected chi connectivity index (χ1v) is 6.26. The van der Waals surface area contributed by atoms with Gasteiger partial charge in [0.25, 0.3) is 5.91 Å². The first-order valence-electron chi connectivity index (χ1n) is 6.26. The van der Waals surface area contributed by atoms with Gasteiger partial charge < -0.3 is 20.1 Å². The minimum atomic E-state index is -0.238. The van der Waals surface area contributed by atoms with Gasteiger partial charge in [-0.05, 0) is 13.0 Å². The van der Waals surface area contributed by atoms with Gasteiger partial charge in [-0.2, -0.15) is 5.26 Å². The molecule has 0 atom stereocenters. The van der Waals surface area contributed by atoms with E-state index in [9.17, 15) is 4.79 Å². The highest BCUT2D eigenvalue weighted by molar-refractivity contribution is 6.01. The number of carbonyl (C=O) groups excluding carboxylic acids is 1. The van der Waals surface area contributed by atoms with Gasteiger partial charge in [0.05, 0.1) is 38.0 Å². The second kappa shape index (κ2) is 7.24. The number of nitrogen functional groups attached to an aromatic ring is 1. The summed E-state index contributed by atoms with van der Waals surface area (Å²) in [7, 11) is 2.99. The molecule has 0 unspecified atom stereocenters. The molecule has 0 aromatic heterocycles. The fourth-order valence-corrected chi connectivity index (χ4v) is 1.82. The zero-order chi connectivity index (χ0) is 15.1. The maximum Gasteiger partial charge on any atom is 0.256 e. The third-order valence-corrected chi connectivity index (χ3v) is 2.96. The van der Waals surface area contributed by atoms with Crippen LogP contribution in [0.4, 0.5) is 5.69 Å². The quantitative estimate of drug-likeness (QED) is 0.799. The van der Waals surface area contributed by atoms with Gasteiger partial charge in [0, 0.05) is 19.2 Å². The molecule has 6 nitrogen and oxygen atoms in total. The van der Waals surface area contributed by atoms with Crippen molar-refractivity contribution in [2.45, 2.75) is 13.3 Å². The highest BCUT2D eigenvalue weighted by Crippen LogP contribution is 2.31. The van der Waals surface area contributed by atoms with E-state index in [1.54, 1.807) is 17.0 Å². The molecule has 20 heavy (non-hydrogen) atoms. The van der Waals surface area contributed by atoms with E-state index in [1.165, 1.54) is 14.2 Å². The van der Waals surface area contributed by atoms with Crippen molar-refractivity contribution >= 4 is 11.6 Å². The maximum absolute atomic E-state index is 12.5. The van der Waals surface area contributed by atoms with E-state index in [4.69, 9.17) is 20.5 Å². The number of hydrogen-bond donors (Lipinski definition) is 1. The summed E-state index contributed by atoms with van der Waals surface area (Å²) >= 11 is 0. The summed E-state index contributed by atoms with van der Waals surface area (Å²) in [6.07, 6.45) is 0.278. The monoisotopic (exact) mass is 277 g/mol. The number of nitrogens with zero attached hydrogens (tertiary/aromatic N) is 2. The fourth-order valence-electron chi connectivity index (χ4n) is 1.82. The van der Waals surface area contributed by atoms with Crippen LogP contribution in [0.5, 0.6) is 11.5 Å². The predicted molar refractivity (Wildman–Crippen MR) is 75.8 cm³/mol. The topological polar surface area (TPSA) is 88.6 Å². The molecule has 2 N–H and O–H groups in total. The summed E-state index contributed by atoms with van der Waals surface area (Å²) in [5, 5.41) is 8.63. The molecule has 0 spiro atoms. The summed E-state index contributed by atoms with van der Waals surface area (Å²) in [5.41, 5.74) is 6.54. The number of hydrogen-bond acceptors (Lipinski definition) is 5. The van der Waals surface area contributed by atoms with Crippen molar-refractivity contribution in [1.82, 2.24) is 4.90 Å². The van der Waals surface area contributed by atoms with E-state index >= 15 is 0 Å². The van der Waals surface area contributed by atoms with Crippen LogP contribution in [0.2, 0.25) is 0 Å². The Morgan fingerprint density at radius 1 is 1.40 bits per heavy atom. The summed E-state index contributed by atoms with van der Waals surface area (Å²) < 4.78 is 10.3. The number of amides is 1. The van der Waals surface area contributed by atoms with Gasteiger partial charge in [0.2, 0.25) is 0 Å². The molecule has 0 heterocycles. The molecule has 1 rings (SSSR count). The molecule has 6 heteroatoms. The van der Waals surface area contributed by atoms with Crippen molar-refractivity contribution in [3.05, 3.63) is 17.7 Å². The van der Waals surface area contributed by atoms with Crippen LogP contribution in [0.3, 0.4) is 0 Å². The van der Waals surface area contributed by atoms with Crippen LogP contribution in [-0.2, 0) is 0 Å². The molecule has 0 saturated carbocycles. The summed E-state index contributed by atoms with van der Waals surface area (Å²) in [4.78, 5) is 14.0. The second-order valence-electron chi connectivity index (χ2n) is 4.08. The molecule has 0 bridgehead atoms. The van der Waals surface area contributed by atoms with E-state index < -0.39 is 0 Å². The van der Waals surface area contributed by atoms with Crippen molar-refractivity contribution in [1.29, 1.82) is 5.26 Å². The Morgan fingerprint density at radius 3 is 2.60 bits per heavy atom. The number of nitrogens with two attached hydrogens (primary N) is 1. The maximum atomic E-state index is 12.5. The van der Waals surface area contributed by atoms with Gasteiger partial charge in [-0.3, -0.25) is 4.79 Å². The van der Waals surface area contributed by atoms with Crippen LogP contribution >= 0.6 is 0 Å². The first kappa shape index (κ1) is 15.6. The largest absolute Gasteiger partial charge is 0.497 e. The molecule has 0 aliphatic heterocycles. The summed E-state index contributed by atoms with van der Waals surface area (Å²) in [5.74, 6) is 0.650. The van der Waals surface area contributed by atoms with Crippen LogP contribution < -0.4 is 15.2 Å². The molecule has 0 fully saturated rings. The van der Waals surface area contributed by atoms with Gasteiger partial charge >= 0.3 is 0 Å². The van der Waals surface area contributed by atoms with Crippen LogP contribution in [0, 0.1) is 11.3 Å². The Morgan fingerprint density at radius 2 is 2.10 bits per heavy atom. The predicted octanol–water partition coefficient (Wildman–Crippen LogP) is 1.66. The second-order valence-corrected chi connectivity index (χ2v) is 4.08. The molecule has 1 amide bonds. The number of anilines is 1. The lowest BCUT2D eigenvalue weighted by atomic mass is 10.1. The normalized spacial score (nSPS) is 9.70. The Labute approximate surface area is 118 Å². The van der Waals surface area contributed by atoms with E-state index in [2.05, 4.69) is 0 Å². The van der Waals surface area contributed by atoms with Crippen LogP contribution in [0.15, 0.2) is 12.1 Å².